The maximum absolute atomic E-state index is 10.4. The van der Waals surface area contributed by atoms with Crippen LogP contribution in [0.5, 0.6) is 0 Å². The van der Waals surface area contributed by atoms with Gasteiger partial charge in [0.25, 0.3) is 0 Å². The summed E-state index contributed by atoms with van der Waals surface area (Å²) in [5.41, 5.74) is 0. The first kappa shape index (κ1) is 40.2. The average Bonchev–Trinajstić information content (AvgIpc) is 2.55. The second-order valence-electron chi connectivity index (χ2n) is 6.28. The molecule has 31 heavy (non-hydrogen) atoms. The van der Waals surface area contributed by atoms with Gasteiger partial charge in [0.2, 0.25) is 0 Å². The number of carboxylic acids is 2. The third-order valence-electron chi connectivity index (χ3n) is 2.56. The fourth-order valence-corrected chi connectivity index (χ4v) is 1.54. The van der Waals surface area contributed by atoms with Gasteiger partial charge in [-0.05, 0) is 26.7 Å². The largest absolute Gasteiger partial charge is 2.00 e. The zero-order chi connectivity index (χ0) is 24.5. The number of hydrogen-bond donors (Lipinski definition) is 2. The minimum Gasteiger partial charge on any atom is -0.550 e. The quantitative estimate of drug-likeness (QED) is 0.258. The molecular formula is C20H38O10Ti. The Kier molecular flexibility index (Phi) is 40.2. The van der Waals surface area contributed by atoms with Gasteiger partial charge < -0.3 is 39.5 Å². The van der Waals surface area contributed by atoms with Gasteiger partial charge in [0.05, 0.1) is 25.4 Å². The predicted molar refractivity (Wildman–Crippen MR) is 106 cm³/mol. The molecule has 0 fully saturated rings. The second-order valence-corrected chi connectivity index (χ2v) is 6.28. The number of aliphatic carboxylic acids is 2. The minimum absolute atomic E-state index is 0. The normalized spacial score (nSPS) is 10.8. The number of rotatable bonds is 12. The molecule has 0 spiro atoms. The molecule has 0 radical (unpaired) electrons. The Labute approximate surface area is 200 Å². The molecule has 11 heteroatoms. The Morgan fingerprint density at radius 3 is 1.10 bits per heavy atom. The summed E-state index contributed by atoms with van der Waals surface area (Å²) in [5, 5.41) is 36.4. The van der Waals surface area contributed by atoms with Crippen LogP contribution in [0.3, 0.4) is 0 Å². The van der Waals surface area contributed by atoms with Crippen molar-refractivity contribution in [1.82, 2.24) is 0 Å². The van der Waals surface area contributed by atoms with Crippen molar-refractivity contribution in [2.75, 3.05) is 27.4 Å². The minimum atomic E-state index is -1.28. The van der Waals surface area contributed by atoms with E-state index in [1.165, 1.54) is 0 Å². The number of ether oxygens (including phenoxy) is 2. The number of ketones is 2. The number of carboxylic acid groups (broad SMARTS) is 2. The first-order chi connectivity index (χ1) is 13.9. The molecule has 0 saturated heterocycles. The summed E-state index contributed by atoms with van der Waals surface area (Å²) in [5.74, 6) is -3.07. The Morgan fingerprint density at radius 2 is 1.00 bits per heavy atom. The van der Waals surface area contributed by atoms with Crippen LogP contribution in [0.25, 0.3) is 0 Å². The second kappa shape index (κ2) is 31.0. The van der Waals surface area contributed by atoms with Crippen molar-refractivity contribution in [2.45, 2.75) is 78.4 Å². The number of aliphatic hydroxyl groups excluding tert-OH is 2. The van der Waals surface area contributed by atoms with Crippen LogP contribution in [0.1, 0.15) is 66.2 Å². The van der Waals surface area contributed by atoms with Gasteiger partial charge in [0.15, 0.2) is 0 Å². The molecule has 0 rings (SSSR count). The van der Waals surface area contributed by atoms with Crippen LogP contribution in [0.2, 0.25) is 0 Å². The Hall–Kier alpha value is -1.17. The third-order valence-corrected chi connectivity index (χ3v) is 2.56. The van der Waals surface area contributed by atoms with Crippen LogP contribution in [0.15, 0.2) is 0 Å². The molecule has 10 nitrogen and oxygen atoms in total. The van der Waals surface area contributed by atoms with Crippen LogP contribution in [-0.4, -0.2) is 73.4 Å². The smallest absolute Gasteiger partial charge is 0.550 e. The van der Waals surface area contributed by atoms with Crippen LogP contribution in [0.4, 0.5) is 0 Å². The van der Waals surface area contributed by atoms with Crippen molar-refractivity contribution in [2.24, 2.45) is 0 Å². The summed E-state index contributed by atoms with van der Waals surface area (Å²) >= 11 is 0. The van der Waals surface area contributed by atoms with Crippen molar-refractivity contribution < 1.29 is 70.8 Å². The van der Waals surface area contributed by atoms with Gasteiger partial charge in [-0.15, -0.1) is 0 Å². The molecule has 182 valence electrons. The third kappa shape index (κ3) is 58.5. The number of aliphatic hydroxyl groups is 2. The van der Waals surface area contributed by atoms with Gasteiger partial charge in [-0.25, -0.2) is 0 Å². The van der Waals surface area contributed by atoms with Gasteiger partial charge in [0, 0.05) is 51.8 Å². The molecule has 0 amide bonds. The molecular weight excluding hydrogens is 448 g/mol. The Morgan fingerprint density at radius 1 is 0.742 bits per heavy atom. The van der Waals surface area contributed by atoms with Crippen molar-refractivity contribution in [1.29, 1.82) is 0 Å². The summed E-state index contributed by atoms with van der Waals surface area (Å²) < 4.78 is 9.11. The van der Waals surface area contributed by atoms with E-state index in [0.717, 1.165) is 0 Å². The van der Waals surface area contributed by atoms with Crippen LogP contribution < -0.4 is 10.2 Å². The molecule has 2 atom stereocenters. The molecule has 0 aromatic carbocycles. The molecule has 0 aliphatic rings. The van der Waals surface area contributed by atoms with Gasteiger partial charge in [-0.1, -0.05) is 13.8 Å². The van der Waals surface area contributed by atoms with Crippen molar-refractivity contribution >= 4 is 23.5 Å². The van der Waals surface area contributed by atoms with Crippen molar-refractivity contribution in [3.63, 3.8) is 0 Å². The molecule has 2 N–H and O–H groups in total. The Balaban J connectivity index is -0.0000000977. The summed E-state index contributed by atoms with van der Waals surface area (Å²) in [6.07, 6.45) is 0.562. The average molecular weight is 486 g/mol. The van der Waals surface area contributed by atoms with E-state index in [2.05, 4.69) is 9.47 Å². The van der Waals surface area contributed by atoms with Crippen LogP contribution in [-0.2, 0) is 50.4 Å². The van der Waals surface area contributed by atoms with E-state index in [0.29, 0.717) is 38.9 Å². The summed E-state index contributed by atoms with van der Waals surface area (Å²) in [4.78, 5) is 40.4. The SMILES string of the molecule is CCCC(=O)CC(=O)[O-].CCCC(=O)CC(=O)[O-].COCC(C)O.COCC(C)O.[Ti+2]. The summed E-state index contributed by atoms with van der Waals surface area (Å²) in [7, 11) is 3.12. The predicted octanol–water partition coefficient (Wildman–Crippen LogP) is -0.984. The fourth-order valence-electron chi connectivity index (χ4n) is 1.54. The van der Waals surface area contributed by atoms with E-state index in [1.54, 1.807) is 28.1 Å². The molecule has 0 heterocycles. The van der Waals surface area contributed by atoms with E-state index in [1.807, 2.05) is 13.8 Å². The van der Waals surface area contributed by atoms with Crippen molar-refractivity contribution in [3.05, 3.63) is 0 Å². The molecule has 0 aliphatic carbocycles. The zero-order valence-corrected chi connectivity index (χ0v) is 21.0. The first-order valence-electron chi connectivity index (χ1n) is 9.64. The topological polar surface area (TPSA) is 173 Å². The zero-order valence-electron chi connectivity index (χ0n) is 19.5. The van der Waals surface area contributed by atoms with E-state index < -0.39 is 24.8 Å². The molecule has 0 aromatic heterocycles. The Bertz CT molecular complexity index is 400. The van der Waals surface area contributed by atoms with E-state index in [-0.39, 0.29) is 45.5 Å². The maximum Gasteiger partial charge on any atom is 2.00 e. The van der Waals surface area contributed by atoms with Gasteiger partial charge >= 0.3 is 21.7 Å². The molecule has 0 bridgehead atoms. The fraction of sp³-hybridized carbons (Fsp3) is 0.800. The molecule has 0 saturated carbocycles. The monoisotopic (exact) mass is 486 g/mol. The number of carbonyl (C=O) groups excluding carboxylic acids is 4. The molecule has 0 aromatic rings. The number of Topliss-reactive ketones (excluding diaryl/α,β-unsaturated/α-hetero) is 2. The van der Waals surface area contributed by atoms with Crippen LogP contribution in [0, 0.1) is 0 Å². The number of hydrogen-bond acceptors (Lipinski definition) is 10. The first-order valence-corrected chi connectivity index (χ1v) is 9.64. The van der Waals surface area contributed by atoms with E-state index in [4.69, 9.17) is 10.2 Å². The van der Waals surface area contributed by atoms with E-state index in [9.17, 15) is 29.4 Å². The number of methoxy groups -OCH3 is 2. The van der Waals surface area contributed by atoms with E-state index >= 15 is 0 Å². The van der Waals surface area contributed by atoms with Crippen LogP contribution >= 0.6 is 0 Å². The van der Waals surface area contributed by atoms with Gasteiger partial charge in [-0.3, -0.25) is 9.59 Å². The van der Waals surface area contributed by atoms with Gasteiger partial charge in [0.1, 0.15) is 11.6 Å². The van der Waals surface area contributed by atoms with Gasteiger partial charge in [-0.2, -0.15) is 0 Å². The molecule has 2 unspecified atom stereocenters. The molecule has 0 aliphatic heterocycles. The summed E-state index contributed by atoms with van der Waals surface area (Å²) in [6.45, 7) is 7.88. The maximum atomic E-state index is 10.4. The summed E-state index contributed by atoms with van der Waals surface area (Å²) in [6, 6.07) is 0. The number of carbonyl (C=O) groups is 4. The standard InChI is InChI=1S/2C6H10O3.2C4H10O2.Ti/c2*1-2-3-5(7)4-6(8)9;2*1-4(5)3-6-2;/h2*2-4H2,1H3,(H,8,9);2*4-5H,3H2,1-2H3;/q;;;;+2/p-2. The van der Waals surface area contributed by atoms with Crippen molar-refractivity contribution in [3.8, 4) is 0 Å².